The number of benzene rings is 2. The van der Waals surface area contributed by atoms with Crippen LogP contribution in [0.25, 0.3) is 0 Å². The number of hydrogen-bond acceptors (Lipinski definition) is 6. The maximum absolute atomic E-state index is 13.0. The summed E-state index contributed by atoms with van der Waals surface area (Å²) in [6.07, 6.45) is 3.74. The fourth-order valence-electron chi connectivity index (χ4n) is 3.59. The van der Waals surface area contributed by atoms with Gasteiger partial charge in [-0.3, -0.25) is 14.6 Å². The molecule has 1 aliphatic heterocycles. The highest BCUT2D eigenvalue weighted by Gasteiger charge is 2.25. The molecular weight excluding hydrogens is 478 g/mol. The van der Waals surface area contributed by atoms with Crippen LogP contribution in [0.3, 0.4) is 0 Å². The number of ether oxygens (including phenoxy) is 1. The first kappa shape index (κ1) is 26.9. The van der Waals surface area contributed by atoms with Crippen molar-refractivity contribution < 1.29 is 34.1 Å². The van der Waals surface area contributed by atoms with Crippen LogP contribution in [0.1, 0.15) is 21.5 Å². The van der Waals surface area contributed by atoms with E-state index in [-0.39, 0.29) is 11.8 Å². The van der Waals surface area contributed by atoms with Crippen molar-refractivity contribution in [2.75, 3.05) is 26.2 Å². The van der Waals surface area contributed by atoms with Crippen LogP contribution in [0.15, 0.2) is 79.1 Å². The van der Waals surface area contributed by atoms with E-state index in [1.807, 2.05) is 59.5 Å². The molecule has 37 heavy (non-hydrogen) atoms. The lowest BCUT2D eigenvalue weighted by atomic mass is 10.1. The van der Waals surface area contributed by atoms with E-state index in [1.54, 1.807) is 29.4 Å². The standard InChI is InChI=1S/C25H25N3O3.C2H2O4/c29-24(16-21-8-5-11-26-18-21)27-12-14-28(15-13-27)25(30)22-9-4-10-23(17-22)31-19-20-6-2-1-3-7-20;3-1(4)2(5)6/h1-11,17-18H,12-16,19H2;(H,3,4)(H,5,6). The summed E-state index contributed by atoms with van der Waals surface area (Å²) >= 11 is 0. The Labute approximate surface area is 213 Å². The first-order chi connectivity index (χ1) is 17.8. The van der Waals surface area contributed by atoms with Gasteiger partial charge in [-0.15, -0.1) is 0 Å². The summed E-state index contributed by atoms with van der Waals surface area (Å²) in [5.74, 6) is -2.95. The molecule has 192 valence electrons. The van der Waals surface area contributed by atoms with Crippen LogP contribution in [0, 0.1) is 0 Å². The Bertz CT molecular complexity index is 1200. The molecule has 2 N–H and O–H groups in total. The van der Waals surface area contributed by atoms with Crippen molar-refractivity contribution in [2.24, 2.45) is 0 Å². The van der Waals surface area contributed by atoms with Gasteiger partial charge >= 0.3 is 11.9 Å². The van der Waals surface area contributed by atoms with Gasteiger partial charge in [0, 0.05) is 44.1 Å². The summed E-state index contributed by atoms with van der Waals surface area (Å²) in [6, 6.07) is 20.9. The van der Waals surface area contributed by atoms with Crippen LogP contribution in [0.2, 0.25) is 0 Å². The molecule has 2 amide bonds. The Morgan fingerprint density at radius 3 is 2.05 bits per heavy atom. The maximum Gasteiger partial charge on any atom is 0.414 e. The lowest BCUT2D eigenvalue weighted by Crippen LogP contribution is -2.51. The molecule has 0 aliphatic carbocycles. The predicted molar refractivity (Wildman–Crippen MR) is 133 cm³/mol. The summed E-state index contributed by atoms with van der Waals surface area (Å²) < 4.78 is 5.85. The molecule has 4 rings (SSSR count). The second-order valence-electron chi connectivity index (χ2n) is 8.12. The topological polar surface area (TPSA) is 137 Å². The van der Waals surface area contributed by atoms with Gasteiger partial charge in [-0.2, -0.15) is 0 Å². The molecule has 1 fully saturated rings. The van der Waals surface area contributed by atoms with E-state index in [4.69, 9.17) is 24.5 Å². The van der Waals surface area contributed by atoms with E-state index >= 15 is 0 Å². The minimum atomic E-state index is -1.82. The van der Waals surface area contributed by atoms with Crippen LogP contribution >= 0.6 is 0 Å². The molecule has 1 aromatic heterocycles. The third-order valence-corrected chi connectivity index (χ3v) is 5.51. The molecule has 1 saturated heterocycles. The summed E-state index contributed by atoms with van der Waals surface area (Å²) in [4.78, 5) is 51.3. The van der Waals surface area contributed by atoms with Crippen LogP contribution in [0.5, 0.6) is 5.75 Å². The number of amides is 2. The maximum atomic E-state index is 13.0. The van der Waals surface area contributed by atoms with Crippen molar-refractivity contribution in [2.45, 2.75) is 13.0 Å². The second kappa shape index (κ2) is 13.4. The molecule has 10 heteroatoms. The lowest BCUT2D eigenvalue weighted by Gasteiger charge is -2.35. The quantitative estimate of drug-likeness (QED) is 0.487. The second-order valence-corrected chi connectivity index (χ2v) is 8.12. The van der Waals surface area contributed by atoms with Crippen LogP contribution in [-0.2, 0) is 27.4 Å². The smallest absolute Gasteiger partial charge is 0.414 e. The number of aliphatic carboxylic acids is 2. The average molecular weight is 506 g/mol. The largest absolute Gasteiger partial charge is 0.489 e. The minimum Gasteiger partial charge on any atom is -0.489 e. The number of carbonyl (C=O) groups is 4. The fraction of sp³-hybridized carbons (Fsp3) is 0.222. The van der Waals surface area contributed by atoms with Gasteiger partial charge in [-0.1, -0.05) is 42.5 Å². The van der Waals surface area contributed by atoms with Gasteiger partial charge in [0.05, 0.1) is 6.42 Å². The SMILES string of the molecule is O=C(Cc1cccnc1)N1CCN(C(=O)c2cccc(OCc3ccccc3)c2)CC1.O=C(O)C(=O)O. The lowest BCUT2D eigenvalue weighted by molar-refractivity contribution is -0.159. The highest BCUT2D eigenvalue weighted by molar-refractivity contribution is 6.27. The van der Waals surface area contributed by atoms with Crippen molar-refractivity contribution >= 4 is 23.8 Å². The molecule has 0 unspecified atom stereocenters. The third-order valence-electron chi connectivity index (χ3n) is 5.51. The summed E-state index contributed by atoms with van der Waals surface area (Å²) in [5, 5.41) is 14.8. The van der Waals surface area contributed by atoms with Crippen molar-refractivity contribution in [1.82, 2.24) is 14.8 Å². The minimum absolute atomic E-state index is 0.0375. The molecule has 0 bridgehead atoms. The molecular formula is C27H27N3O7. The highest BCUT2D eigenvalue weighted by atomic mass is 16.5. The number of carbonyl (C=O) groups excluding carboxylic acids is 2. The summed E-state index contributed by atoms with van der Waals surface area (Å²) in [5.41, 5.74) is 2.57. The van der Waals surface area contributed by atoms with E-state index in [0.717, 1.165) is 11.1 Å². The molecule has 2 aromatic carbocycles. The van der Waals surface area contributed by atoms with Gasteiger partial charge in [-0.25, -0.2) is 9.59 Å². The first-order valence-corrected chi connectivity index (χ1v) is 11.5. The van der Waals surface area contributed by atoms with Crippen molar-refractivity contribution in [1.29, 1.82) is 0 Å². The average Bonchev–Trinajstić information content (AvgIpc) is 2.93. The number of carboxylic acid groups (broad SMARTS) is 2. The van der Waals surface area contributed by atoms with E-state index in [9.17, 15) is 9.59 Å². The number of pyridine rings is 1. The van der Waals surface area contributed by atoms with Gasteiger partial charge in [0.15, 0.2) is 0 Å². The van der Waals surface area contributed by atoms with Crippen LogP contribution in [-0.4, -0.2) is 74.9 Å². The number of hydrogen-bond donors (Lipinski definition) is 2. The molecule has 0 spiro atoms. The molecule has 3 aromatic rings. The zero-order valence-corrected chi connectivity index (χ0v) is 20.0. The number of carboxylic acids is 2. The Hall–Kier alpha value is -4.73. The molecule has 0 atom stereocenters. The van der Waals surface area contributed by atoms with Crippen LogP contribution < -0.4 is 4.74 Å². The number of rotatable bonds is 6. The number of nitrogens with zero attached hydrogens (tertiary/aromatic N) is 3. The Morgan fingerprint density at radius 1 is 0.784 bits per heavy atom. The van der Waals surface area contributed by atoms with Crippen LogP contribution in [0.4, 0.5) is 0 Å². The van der Waals surface area contributed by atoms with E-state index < -0.39 is 11.9 Å². The van der Waals surface area contributed by atoms with Gasteiger partial charge in [0.2, 0.25) is 5.91 Å². The van der Waals surface area contributed by atoms with Crippen molar-refractivity contribution in [3.05, 3.63) is 95.8 Å². The highest BCUT2D eigenvalue weighted by Crippen LogP contribution is 2.18. The summed E-state index contributed by atoms with van der Waals surface area (Å²) in [6.45, 7) is 2.57. The molecule has 0 radical (unpaired) electrons. The number of aromatic nitrogens is 1. The molecule has 1 aliphatic rings. The van der Waals surface area contributed by atoms with E-state index in [0.29, 0.717) is 50.5 Å². The number of piperazine rings is 1. The van der Waals surface area contributed by atoms with Crippen molar-refractivity contribution in [3.63, 3.8) is 0 Å². The normalized spacial score (nSPS) is 12.6. The predicted octanol–water partition coefficient (Wildman–Crippen LogP) is 2.34. The molecule has 2 heterocycles. The van der Waals surface area contributed by atoms with Gasteiger partial charge in [0.1, 0.15) is 12.4 Å². The molecule has 10 nitrogen and oxygen atoms in total. The summed E-state index contributed by atoms with van der Waals surface area (Å²) in [7, 11) is 0. The fourth-order valence-corrected chi connectivity index (χ4v) is 3.59. The Morgan fingerprint density at radius 2 is 1.43 bits per heavy atom. The van der Waals surface area contributed by atoms with Crippen molar-refractivity contribution in [3.8, 4) is 5.75 Å². The third kappa shape index (κ3) is 8.46. The Balaban J connectivity index is 0.000000568. The molecule has 0 saturated carbocycles. The van der Waals surface area contributed by atoms with E-state index in [1.165, 1.54) is 0 Å². The van der Waals surface area contributed by atoms with Gasteiger partial charge in [-0.05, 0) is 35.4 Å². The van der Waals surface area contributed by atoms with E-state index in [2.05, 4.69) is 4.98 Å². The van der Waals surface area contributed by atoms with Gasteiger partial charge in [0.25, 0.3) is 5.91 Å². The monoisotopic (exact) mass is 505 g/mol. The first-order valence-electron chi connectivity index (χ1n) is 11.5. The zero-order chi connectivity index (χ0) is 26.6. The van der Waals surface area contributed by atoms with Gasteiger partial charge < -0.3 is 24.7 Å². The zero-order valence-electron chi connectivity index (χ0n) is 20.0. The Kier molecular flexibility index (Phi) is 9.72.